The minimum Gasteiger partial charge on any atom is -0.481 e. The monoisotopic (exact) mass is 277 g/mol. The zero-order valence-corrected chi connectivity index (χ0v) is 10.8. The summed E-state index contributed by atoms with van der Waals surface area (Å²) in [5, 5.41) is 19.9. The summed E-state index contributed by atoms with van der Waals surface area (Å²) in [6.07, 6.45) is 2.63. The summed E-state index contributed by atoms with van der Waals surface area (Å²) in [4.78, 5) is 33.8. The Morgan fingerprint density at radius 2 is 1.85 bits per heavy atom. The molecule has 1 aromatic rings. The molecule has 20 heavy (non-hydrogen) atoms. The number of carbonyl (C=O) groups is 2. The van der Waals surface area contributed by atoms with Gasteiger partial charge in [-0.25, -0.2) is 0 Å². The molecule has 0 aromatic heterocycles. The first-order valence-corrected chi connectivity index (χ1v) is 6.52. The quantitative estimate of drug-likeness (QED) is 0.518. The van der Waals surface area contributed by atoms with Crippen molar-refractivity contribution in [3.05, 3.63) is 39.9 Å². The molecule has 1 aliphatic rings. The van der Waals surface area contributed by atoms with Crippen LogP contribution in [0, 0.1) is 22.0 Å². The molecule has 0 saturated heterocycles. The van der Waals surface area contributed by atoms with Gasteiger partial charge < -0.3 is 5.11 Å². The van der Waals surface area contributed by atoms with Crippen LogP contribution in [-0.2, 0) is 4.79 Å². The minimum atomic E-state index is -0.964. The molecule has 6 nitrogen and oxygen atoms in total. The number of hydrogen-bond donors (Lipinski definition) is 1. The first kappa shape index (κ1) is 14.2. The average molecular weight is 277 g/mol. The predicted molar refractivity (Wildman–Crippen MR) is 70.5 cm³/mol. The Morgan fingerprint density at radius 1 is 1.20 bits per heavy atom. The first-order chi connectivity index (χ1) is 9.50. The van der Waals surface area contributed by atoms with Gasteiger partial charge in [-0.05, 0) is 12.8 Å². The van der Waals surface area contributed by atoms with Crippen LogP contribution in [-0.4, -0.2) is 21.8 Å². The summed E-state index contributed by atoms with van der Waals surface area (Å²) in [6.45, 7) is 0. The molecule has 1 aliphatic carbocycles. The normalized spacial score (nSPS) is 22.2. The summed E-state index contributed by atoms with van der Waals surface area (Å²) < 4.78 is 0. The van der Waals surface area contributed by atoms with Crippen molar-refractivity contribution in [2.75, 3.05) is 0 Å². The molecule has 6 heteroatoms. The van der Waals surface area contributed by atoms with Crippen molar-refractivity contribution in [1.29, 1.82) is 0 Å². The molecule has 0 heterocycles. The van der Waals surface area contributed by atoms with Gasteiger partial charge in [-0.2, -0.15) is 0 Å². The molecule has 106 valence electrons. The summed E-state index contributed by atoms with van der Waals surface area (Å²) in [5.41, 5.74) is 0.0656. The lowest BCUT2D eigenvalue weighted by Gasteiger charge is -2.27. The van der Waals surface area contributed by atoms with Crippen LogP contribution >= 0.6 is 0 Å². The van der Waals surface area contributed by atoms with Crippen molar-refractivity contribution < 1.29 is 19.6 Å². The molecule has 2 atom stereocenters. The molecule has 1 N–H and O–H groups in total. The second kappa shape index (κ2) is 5.81. The maximum absolute atomic E-state index is 12.4. The topological polar surface area (TPSA) is 97.5 Å². The fourth-order valence-corrected chi connectivity index (χ4v) is 2.73. The van der Waals surface area contributed by atoms with E-state index in [1.807, 2.05) is 0 Å². The van der Waals surface area contributed by atoms with E-state index in [0.717, 1.165) is 12.8 Å². The van der Waals surface area contributed by atoms with Crippen molar-refractivity contribution in [1.82, 2.24) is 0 Å². The first-order valence-electron chi connectivity index (χ1n) is 6.52. The third kappa shape index (κ3) is 2.84. The second-order valence-electron chi connectivity index (χ2n) is 5.01. The van der Waals surface area contributed by atoms with Gasteiger partial charge in [0.05, 0.1) is 10.8 Å². The standard InChI is InChI=1S/C14H15NO5/c16-13(9-4-3-5-10(8-9)15(19)20)11-6-1-2-7-12(11)14(17)18/h3-5,8,11-12H,1-2,6-7H2,(H,17,18)/t11-,12+/m1/s1. The van der Waals surface area contributed by atoms with Gasteiger partial charge in [-0.3, -0.25) is 19.7 Å². The number of carboxylic acids is 1. The lowest BCUT2D eigenvalue weighted by Crippen LogP contribution is -2.32. The van der Waals surface area contributed by atoms with Crippen LogP contribution in [0.25, 0.3) is 0 Å². The summed E-state index contributed by atoms with van der Waals surface area (Å²) in [7, 11) is 0. The molecule has 0 unspecified atom stereocenters. The number of non-ortho nitro benzene ring substituents is 1. The maximum Gasteiger partial charge on any atom is 0.307 e. The Balaban J connectivity index is 2.27. The Labute approximate surface area is 115 Å². The van der Waals surface area contributed by atoms with Gasteiger partial charge >= 0.3 is 5.97 Å². The molecule has 0 spiro atoms. The number of rotatable bonds is 4. The largest absolute Gasteiger partial charge is 0.481 e. The van der Waals surface area contributed by atoms with E-state index in [0.29, 0.717) is 12.8 Å². The highest BCUT2D eigenvalue weighted by atomic mass is 16.6. The van der Waals surface area contributed by atoms with E-state index in [1.165, 1.54) is 24.3 Å². The zero-order chi connectivity index (χ0) is 14.7. The van der Waals surface area contributed by atoms with Gasteiger partial charge in [0.15, 0.2) is 5.78 Å². The summed E-state index contributed by atoms with van der Waals surface area (Å²) in [6, 6.07) is 5.48. The minimum absolute atomic E-state index is 0.154. The zero-order valence-electron chi connectivity index (χ0n) is 10.8. The summed E-state index contributed by atoms with van der Waals surface area (Å²) in [5.74, 6) is -2.53. The molecule has 1 saturated carbocycles. The van der Waals surface area contributed by atoms with Gasteiger partial charge in [-0.1, -0.05) is 25.0 Å². The van der Waals surface area contributed by atoms with Crippen LogP contribution in [0.1, 0.15) is 36.0 Å². The van der Waals surface area contributed by atoms with Crippen molar-refractivity contribution in [3.8, 4) is 0 Å². The van der Waals surface area contributed by atoms with Gasteiger partial charge in [0.25, 0.3) is 5.69 Å². The number of carbonyl (C=O) groups excluding carboxylic acids is 1. The number of carboxylic acid groups (broad SMARTS) is 1. The molecule has 0 amide bonds. The van der Waals surface area contributed by atoms with Crippen LogP contribution < -0.4 is 0 Å². The fraction of sp³-hybridized carbons (Fsp3) is 0.429. The highest BCUT2D eigenvalue weighted by Crippen LogP contribution is 2.33. The lowest BCUT2D eigenvalue weighted by atomic mass is 9.75. The molecular weight excluding hydrogens is 262 g/mol. The van der Waals surface area contributed by atoms with Crippen LogP contribution in [0.2, 0.25) is 0 Å². The van der Waals surface area contributed by atoms with E-state index in [1.54, 1.807) is 0 Å². The van der Waals surface area contributed by atoms with E-state index in [2.05, 4.69) is 0 Å². The number of ketones is 1. The van der Waals surface area contributed by atoms with Crippen LogP contribution in [0.5, 0.6) is 0 Å². The van der Waals surface area contributed by atoms with Crippen molar-refractivity contribution >= 4 is 17.4 Å². The highest BCUT2D eigenvalue weighted by molar-refractivity contribution is 6.00. The lowest BCUT2D eigenvalue weighted by molar-refractivity contribution is -0.384. The number of nitrogens with zero attached hydrogens (tertiary/aromatic N) is 1. The number of Topliss-reactive ketones (excluding diaryl/α,β-unsaturated/α-hetero) is 1. The molecule has 0 bridgehead atoms. The van der Waals surface area contributed by atoms with Gasteiger partial charge in [0.1, 0.15) is 0 Å². The van der Waals surface area contributed by atoms with E-state index < -0.39 is 22.7 Å². The number of hydrogen-bond acceptors (Lipinski definition) is 4. The third-order valence-corrected chi connectivity index (χ3v) is 3.76. The Morgan fingerprint density at radius 3 is 2.45 bits per heavy atom. The maximum atomic E-state index is 12.4. The van der Waals surface area contributed by atoms with Crippen molar-refractivity contribution in [2.45, 2.75) is 25.7 Å². The molecule has 0 radical (unpaired) electrons. The molecule has 1 aromatic carbocycles. The van der Waals surface area contributed by atoms with E-state index in [-0.39, 0.29) is 17.0 Å². The number of benzene rings is 1. The molecular formula is C14H15NO5. The highest BCUT2D eigenvalue weighted by Gasteiger charge is 2.36. The van der Waals surface area contributed by atoms with Gasteiger partial charge in [-0.15, -0.1) is 0 Å². The Hall–Kier alpha value is -2.24. The van der Waals surface area contributed by atoms with Gasteiger partial charge in [0.2, 0.25) is 0 Å². The van der Waals surface area contributed by atoms with E-state index >= 15 is 0 Å². The van der Waals surface area contributed by atoms with Crippen LogP contribution in [0.4, 0.5) is 5.69 Å². The smallest absolute Gasteiger partial charge is 0.307 e. The SMILES string of the molecule is O=C(O)[C@H]1CCCC[C@H]1C(=O)c1cccc([N+](=O)[O-])c1. The molecule has 2 rings (SSSR count). The molecule has 1 fully saturated rings. The van der Waals surface area contributed by atoms with E-state index in [4.69, 9.17) is 0 Å². The van der Waals surface area contributed by atoms with Crippen molar-refractivity contribution in [3.63, 3.8) is 0 Å². The second-order valence-corrected chi connectivity index (χ2v) is 5.01. The number of nitro groups is 1. The predicted octanol–water partition coefficient (Wildman–Crippen LogP) is 2.67. The number of aliphatic carboxylic acids is 1. The molecule has 0 aliphatic heterocycles. The average Bonchev–Trinajstić information content (AvgIpc) is 2.46. The van der Waals surface area contributed by atoms with E-state index in [9.17, 15) is 24.8 Å². The van der Waals surface area contributed by atoms with Gasteiger partial charge in [0, 0.05) is 23.6 Å². The Kier molecular flexibility index (Phi) is 4.12. The van der Waals surface area contributed by atoms with Crippen LogP contribution in [0.15, 0.2) is 24.3 Å². The van der Waals surface area contributed by atoms with Crippen molar-refractivity contribution in [2.24, 2.45) is 11.8 Å². The third-order valence-electron chi connectivity index (χ3n) is 3.76. The number of nitro benzene ring substituents is 1. The van der Waals surface area contributed by atoms with Crippen LogP contribution in [0.3, 0.4) is 0 Å². The summed E-state index contributed by atoms with van der Waals surface area (Å²) >= 11 is 0. The Bertz CT molecular complexity index is 554. The fourth-order valence-electron chi connectivity index (χ4n) is 2.73.